The molecule has 5 rings (SSSR count). The van der Waals surface area contributed by atoms with Gasteiger partial charge in [0.25, 0.3) is 5.91 Å². The van der Waals surface area contributed by atoms with Crippen molar-refractivity contribution in [1.82, 2.24) is 4.90 Å². The highest BCUT2D eigenvalue weighted by Crippen LogP contribution is 2.42. The van der Waals surface area contributed by atoms with Crippen molar-refractivity contribution in [2.45, 2.75) is 33.2 Å². The lowest BCUT2D eigenvalue weighted by Gasteiger charge is -2.26. The Kier molecular flexibility index (Phi) is 6.46. The summed E-state index contributed by atoms with van der Waals surface area (Å²) in [5.41, 5.74) is 4.18. The third kappa shape index (κ3) is 4.37. The van der Waals surface area contributed by atoms with Crippen LogP contribution in [0.2, 0.25) is 0 Å². The molecule has 3 aromatic carbocycles. The Morgan fingerprint density at radius 1 is 0.912 bits per heavy atom. The Balaban J connectivity index is 1.41. The van der Waals surface area contributed by atoms with Crippen LogP contribution >= 0.6 is 0 Å². The van der Waals surface area contributed by atoms with Gasteiger partial charge in [-0.2, -0.15) is 0 Å². The van der Waals surface area contributed by atoms with Gasteiger partial charge >= 0.3 is 0 Å². The van der Waals surface area contributed by atoms with Gasteiger partial charge in [0.05, 0.1) is 19.3 Å². The van der Waals surface area contributed by atoms with Crippen molar-refractivity contribution in [3.63, 3.8) is 0 Å². The maximum absolute atomic E-state index is 13.4. The molecule has 0 spiro atoms. The van der Waals surface area contributed by atoms with Gasteiger partial charge in [-0.1, -0.05) is 38.1 Å². The van der Waals surface area contributed by atoms with Gasteiger partial charge in [-0.25, -0.2) is 0 Å². The number of benzene rings is 3. The second kappa shape index (κ2) is 9.67. The molecule has 1 amide bonds. The van der Waals surface area contributed by atoms with Gasteiger partial charge in [-0.3, -0.25) is 4.79 Å². The lowest BCUT2D eigenvalue weighted by molar-refractivity contribution is 0.0991. The number of carbonyl (C=O) groups excluding carboxylic acids is 1. The predicted molar refractivity (Wildman–Crippen MR) is 140 cm³/mol. The van der Waals surface area contributed by atoms with Gasteiger partial charge in [0.15, 0.2) is 0 Å². The first-order valence-electron chi connectivity index (χ1n) is 12.5. The summed E-state index contributed by atoms with van der Waals surface area (Å²) in [6, 6.07) is 18.5. The van der Waals surface area contributed by atoms with Crippen LogP contribution in [0.5, 0.6) is 5.75 Å². The van der Waals surface area contributed by atoms with Crippen LogP contribution < -0.4 is 14.5 Å². The number of anilines is 2. The molecule has 1 saturated heterocycles. The zero-order valence-corrected chi connectivity index (χ0v) is 20.6. The molecule has 0 aromatic heterocycles. The van der Waals surface area contributed by atoms with Crippen LogP contribution in [0, 0.1) is 5.92 Å². The average molecular weight is 458 g/mol. The highest BCUT2D eigenvalue weighted by molar-refractivity contribution is 6.26. The summed E-state index contributed by atoms with van der Waals surface area (Å²) in [5, 5.41) is 2.29. The van der Waals surface area contributed by atoms with Crippen molar-refractivity contribution in [2.24, 2.45) is 5.92 Å². The monoisotopic (exact) mass is 457 g/mol. The Bertz CT molecular complexity index is 1170. The van der Waals surface area contributed by atoms with Crippen LogP contribution in [-0.4, -0.2) is 50.6 Å². The number of rotatable bonds is 7. The van der Waals surface area contributed by atoms with E-state index >= 15 is 0 Å². The van der Waals surface area contributed by atoms with E-state index < -0.39 is 0 Å². The van der Waals surface area contributed by atoms with Gasteiger partial charge in [0.2, 0.25) is 0 Å². The summed E-state index contributed by atoms with van der Waals surface area (Å²) in [6.07, 6.45) is 2.43. The predicted octanol–water partition coefficient (Wildman–Crippen LogP) is 5.57. The second-order valence-electron chi connectivity index (χ2n) is 9.94. The number of methoxy groups -OCH3 is 1. The minimum atomic E-state index is 0.0873. The minimum Gasteiger partial charge on any atom is -0.497 e. The van der Waals surface area contributed by atoms with Gasteiger partial charge in [-0.05, 0) is 67.7 Å². The van der Waals surface area contributed by atoms with E-state index in [4.69, 9.17) is 4.74 Å². The van der Waals surface area contributed by atoms with E-state index in [1.165, 1.54) is 37.0 Å². The van der Waals surface area contributed by atoms with E-state index in [1.54, 1.807) is 7.11 Å². The molecular weight excluding hydrogens is 422 g/mol. The maximum atomic E-state index is 13.4. The molecule has 2 aliphatic rings. The third-order valence-corrected chi connectivity index (χ3v) is 7.21. The summed E-state index contributed by atoms with van der Waals surface area (Å²) in [6.45, 7) is 10.7. The summed E-state index contributed by atoms with van der Waals surface area (Å²) in [4.78, 5) is 20.4. The maximum Gasteiger partial charge on any atom is 0.259 e. The molecule has 0 unspecified atom stereocenters. The van der Waals surface area contributed by atoms with Crippen LogP contribution in [0.1, 0.15) is 42.6 Å². The summed E-state index contributed by atoms with van der Waals surface area (Å²) >= 11 is 0. The summed E-state index contributed by atoms with van der Waals surface area (Å²) < 4.78 is 5.28. The molecule has 0 atom stereocenters. The molecule has 2 aliphatic heterocycles. The lowest BCUT2D eigenvalue weighted by Crippen LogP contribution is -2.31. The van der Waals surface area contributed by atoms with E-state index in [0.717, 1.165) is 53.5 Å². The van der Waals surface area contributed by atoms with Crippen LogP contribution in [0.15, 0.2) is 54.6 Å². The molecular formula is C29H35N3O2. The van der Waals surface area contributed by atoms with Crippen LogP contribution in [-0.2, 0) is 6.54 Å². The first kappa shape index (κ1) is 22.7. The van der Waals surface area contributed by atoms with E-state index in [-0.39, 0.29) is 5.91 Å². The number of carbonyl (C=O) groups is 1. The Morgan fingerprint density at radius 2 is 1.71 bits per heavy atom. The molecule has 5 heteroatoms. The zero-order chi connectivity index (χ0) is 23.7. The first-order valence-corrected chi connectivity index (χ1v) is 12.5. The fourth-order valence-electron chi connectivity index (χ4n) is 5.25. The molecule has 0 aliphatic carbocycles. The van der Waals surface area contributed by atoms with E-state index in [2.05, 4.69) is 41.8 Å². The number of hydrogen-bond donors (Lipinski definition) is 0. The number of ether oxygens (including phenoxy) is 1. The Labute approximate surface area is 202 Å². The molecule has 3 aromatic rings. The van der Waals surface area contributed by atoms with Crippen LogP contribution in [0.25, 0.3) is 10.8 Å². The Hall–Kier alpha value is -3.05. The first-order chi connectivity index (χ1) is 16.5. The SMILES string of the molecule is COc1ccc(CN2C(=O)c3cccc4c(N5CCCN(CCC(C)C)CC5)ccc2c34)cc1. The molecule has 0 bridgehead atoms. The van der Waals surface area contributed by atoms with Crippen molar-refractivity contribution >= 4 is 28.1 Å². The molecule has 178 valence electrons. The zero-order valence-electron chi connectivity index (χ0n) is 20.6. The number of hydrogen-bond acceptors (Lipinski definition) is 4. The van der Waals surface area contributed by atoms with Crippen molar-refractivity contribution in [1.29, 1.82) is 0 Å². The Morgan fingerprint density at radius 3 is 2.47 bits per heavy atom. The van der Waals surface area contributed by atoms with E-state index in [0.29, 0.717) is 6.54 Å². The third-order valence-electron chi connectivity index (χ3n) is 7.21. The summed E-state index contributed by atoms with van der Waals surface area (Å²) in [7, 11) is 1.67. The van der Waals surface area contributed by atoms with Crippen molar-refractivity contribution in [2.75, 3.05) is 49.6 Å². The van der Waals surface area contributed by atoms with Gasteiger partial charge < -0.3 is 19.4 Å². The normalized spacial score (nSPS) is 16.5. The molecule has 5 nitrogen and oxygen atoms in total. The fraction of sp³-hybridized carbons (Fsp3) is 0.414. The molecule has 1 fully saturated rings. The second-order valence-corrected chi connectivity index (χ2v) is 9.94. The number of nitrogens with zero attached hydrogens (tertiary/aromatic N) is 3. The van der Waals surface area contributed by atoms with E-state index in [9.17, 15) is 4.79 Å². The average Bonchev–Trinajstić information content (AvgIpc) is 3.00. The molecule has 0 N–H and O–H groups in total. The molecule has 0 radical (unpaired) electrons. The van der Waals surface area contributed by atoms with Crippen LogP contribution in [0.3, 0.4) is 0 Å². The number of amides is 1. The minimum absolute atomic E-state index is 0.0873. The highest BCUT2D eigenvalue weighted by Gasteiger charge is 2.31. The van der Waals surface area contributed by atoms with Crippen molar-refractivity contribution in [3.05, 3.63) is 65.7 Å². The largest absolute Gasteiger partial charge is 0.497 e. The quantitative estimate of drug-likeness (QED) is 0.465. The fourth-order valence-corrected chi connectivity index (χ4v) is 5.25. The van der Waals surface area contributed by atoms with Crippen molar-refractivity contribution in [3.8, 4) is 5.75 Å². The lowest BCUT2D eigenvalue weighted by atomic mass is 10.0. The summed E-state index contributed by atoms with van der Waals surface area (Å²) in [5.74, 6) is 1.66. The van der Waals surface area contributed by atoms with Gasteiger partial charge in [0, 0.05) is 41.7 Å². The van der Waals surface area contributed by atoms with Gasteiger partial charge in [0.1, 0.15) is 5.75 Å². The topological polar surface area (TPSA) is 36.0 Å². The van der Waals surface area contributed by atoms with E-state index in [1.807, 2.05) is 41.3 Å². The highest BCUT2D eigenvalue weighted by atomic mass is 16.5. The molecule has 0 saturated carbocycles. The smallest absolute Gasteiger partial charge is 0.259 e. The van der Waals surface area contributed by atoms with Gasteiger partial charge in [-0.15, -0.1) is 0 Å². The molecule has 34 heavy (non-hydrogen) atoms. The van der Waals surface area contributed by atoms with Crippen molar-refractivity contribution < 1.29 is 9.53 Å². The molecule has 2 heterocycles. The standard InChI is InChI=1S/C29H35N3O2/c1-21(2)14-17-30-15-5-16-31(19-18-30)26-12-13-27-28-24(26)6-4-7-25(28)29(33)32(27)20-22-8-10-23(34-3)11-9-22/h4,6-13,21H,5,14-20H2,1-3H3. The van der Waals surface area contributed by atoms with Crippen LogP contribution in [0.4, 0.5) is 11.4 Å².